The fourth-order valence-electron chi connectivity index (χ4n) is 3.76. The van der Waals surface area contributed by atoms with Gasteiger partial charge in [-0.15, -0.1) is 10.2 Å². The predicted molar refractivity (Wildman–Crippen MR) is 157 cm³/mol. The first kappa shape index (κ1) is 32.5. The fourth-order valence-corrected chi connectivity index (χ4v) is 3.76. The van der Waals surface area contributed by atoms with Crippen LogP contribution in [0.4, 0.5) is 0 Å². The van der Waals surface area contributed by atoms with Crippen LogP contribution >= 0.6 is 0 Å². The van der Waals surface area contributed by atoms with Gasteiger partial charge >= 0.3 is 0 Å². The molecule has 0 saturated carbocycles. The van der Waals surface area contributed by atoms with Gasteiger partial charge in [-0.3, -0.25) is 19.3 Å². The lowest BCUT2D eigenvalue weighted by molar-refractivity contribution is -0.128. The van der Waals surface area contributed by atoms with E-state index in [1.54, 1.807) is 20.8 Å². The molecule has 2 aromatic carbocycles. The van der Waals surface area contributed by atoms with Gasteiger partial charge in [-0.05, 0) is 70.7 Å². The lowest BCUT2D eigenvalue weighted by Crippen LogP contribution is -2.45. The number of rotatable bonds is 13. The van der Waals surface area contributed by atoms with Gasteiger partial charge in [0.25, 0.3) is 0 Å². The Labute approximate surface area is 245 Å². The molecule has 3 aromatic rings. The van der Waals surface area contributed by atoms with Crippen molar-refractivity contribution in [3.63, 3.8) is 0 Å². The van der Waals surface area contributed by atoms with Crippen molar-refractivity contribution in [2.45, 2.75) is 77.7 Å². The molecule has 0 radical (unpaired) electrons. The van der Waals surface area contributed by atoms with Gasteiger partial charge in [-0.2, -0.15) is 11.0 Å². The van der Waals surface area contributed by atoms with Crippen molar-refractivity contribution in [2.75, 3.05) is 0 Å². The number of hydrogen-bond donors (Lipinski definition) is 4. The van der Waals surface area contributed by atoms with Crippen LogP contribution in [-0.4, -0.2) is 60.5 Å². The van der Waals surface area contributed by atoms with E-state index in [0.717, 1.165) is 17.3 Å². The maximum Gasteiger partial charge on any atom is 0.234 e. The molecule has 11 heteroatoms. The smallest absolute Gasteiger partial charge is 0.234 e. The lowest BCUT2D eigenvalue weighted by Gasteiger charge is -2.25. The maximum atomic E-state index is 13.6. The lowest BCUT2D eigenvalue weighted by atomic mass is 9.96. The third-order valence-electron chi connectivity index (χ3n) is 5.80. The van der Waals surface area contributed by atoms with E-state index in [1.165, 1.54) is 0 Å². The molecule has 2 atom stereocenters. The quantitative estimate of drug-likeness (QED) is 0.0996. The Morgan fingerprint density at radius 2 is 1.26 bits per heavy atom. The van der Waals surface area contributed by atoms with Crippen LogP contribution < -0.4 is 11.0 Å². The van der Waals surface area contributed by atoms with Crippen molar-refractivity contribution in [1.29, 1.82) is 0 Å². The Morgan fingerprint density at radius 1 is 0.786 bits per heavy atom. The van der Waals surface area contributed by atoms with Crippen LogP contribution in [0.1, 0.15) is 68.7 Å². The van der Waals surface area contributed by atoms with Crippen LogP contribution in [-0.2, 0) is 27.3 Å². The van der Waals surface area contributed by atoms with E-state index in [9.17, 15) is 19.8 Å². The van der Waals surface area contributed by atoms with Gasteiger partial charge in [0.05, 0.1) is 29.0 Å². The highest BCUT2D eigenvalue weighted by atomic mass is 16.7. The monoisotopic (exact) mass is 577 g/mol. The van der Waals surface area contributed by atoms with Gasteiger partial charge in [-0.25, -0.2) is 0 Å². The van der Waals surface area contributed by atoms with Gasteiger partial charge in [0, 0.05) is 0 Å². The normalized spacial score (nSPS) is 14.1. The average Bonchev–Trinajstić information content (AvgIpc) is 2.96. The highest BCUT2D eigenvalue weighted by molar-refractivity contribution is 6.45. The van der Waals surface area contributed by atoms with E-state index in [0.29, 0.717) is 0 Å². The summed E-state index contributed by atoms with van der Waals surface area (Å²) >= 11 is 0. The van der Waals surface area contributed by atoms with E-state index < -0.39 is 52.1 Å². The van der Waals surface area contributed by atoms with Crippen LogP contribution in [0.15, 0.2) is 72.6 Å². The number of aliphatic hydroxyl groups is 2. The number of hydroxylamine groups is 2. The minimum atomic E-state index is -1.06. The number of aromatic nitrogens is 3. The second-order valence-corrected chi connectivity index (χ2v) is 11.8. The first-order valence-corrected chi connectivity index (χ1v) is 13.6. The molecule has 0 amide bonds. The number of Topliss-reactive ketones (excluding diaryl/α,β-unsaturated/α-hetero) is 2. The van der Waals surface area contributed by atoms with E-state index >= 15 is 0 Å². The van der Waals surface area contributed by atoms with E-state index in [4.69, 9.17) is 9.68 Å². The summed E-state index contributed by atoms with van der Waals surface area (Å²) < 4.78 is 0. The SMILES string of the molecule is CC(C)(C)ON[C@@H](Cc1ccccc1)C(=O)C(=O)c1cnnnc1C(O)=C(O)[C@H](Cc1ccccc1)NOC(C)(C)C. The van der Waals surface area contributed by atoms with Crippen molar-refractivity contribution in [3.05, 3.63) is 95.0 Å². The number of aliphatic hydroxyl groups excluding tert-OH is 2. The van der Waals surface area contributed by atoms with Crippen LogP contribution in [0.5, 0.6) is 0 Å². The Kier molecular flexibility index (Phi) is 11.0. The molecular weight excluding hydrogens is 538 g/mol. The van der Waals surface area contributed by atoms with Crippen molar-refractivity contribution in [2.24, 2.45) is 0 Å². The first-order chi connectivity index (χ1) is 19.7. The first-order valence-electron chi connectivity index (χ1n) is 13.6. The van der Waals surface area contributed by atoms with Crippen molar-refractivity contribution >= 4 is 17.3 Å². The molecule has 11 nitrogen and oxygen atoms in total. The summed E-state index contributed by atoms with van der Waals surface area (Å²) in [4.78, 5) is 38.4. The highest BCUT2D eigenvalue weighted by Crippen LogP contribution is 2.22. The number of ketones is 2. The molecule has 0 aliphatic rings. The third-order valence-corrected chi connectivity index (χ3v) is 5.80. The Bertz CT molecular complexity index is 1370. The summed E-state index contributed by atoms with van der Waals surface area (Å²) in [6.45, 7) is 10.9. The number of nitrogens with one attached hydrogen (secondary N) is 2. The molecule has 0 aliphatic carbocycles. The molecule has 0 fully saturated rings. The second-order valence-electron chi connectivity index (χ2n) is 11.8. The fraction of sp³-hybridized carbons (Fsp3) is 0.387. The second kappa shape index (κ2) is 14.2. The van der Waals surface area contributed by atoms with Gasteiger partial charge in [0.2, 0.25) is 11.6 Å². The third kappa shape index (κ3) is 9.81. The minimum absolute atomic E-state index is 0.156. The number of carbonyl (C=O) groups excluding carboxylic acids is 2. The van der Waals surface area contributed by atoms with Gasteiger partial charge < -0.3 is 10.2 Å². The molecule has 0 unspecified atom stereocenters. The van der Waals surface area contributed by atoms with Gasteiger partial charge in [-0.1, -0.05) is 60.7 Å². The molecule has 42 heavy (non-hydrogen) atoms. The van der Waals surface area contributed by atoms with E-state index in [-0.39, 0.29) is 18.4 Å². The molecule has 0 saturated heterocycles. The number of hydrogen-bond acceptors (Lipinski definition) is 11. The zero-order valence-corrected chi connectivity index (χ0v) is 24.8. The van der Waals surface area contributed by atoms with E-state index in [1.807, 2.05) is 81.4 Å². The molecule has 1 heterocycles. The van der Waals surface area contributed by atoms with Crippen LogP contribution in [0.3, 0.4) is 0 Å². The molecule has 0 aliphatic heterocycles. The van der Waals surface area contributed by atoms with Gasteiger partial charge in [0.15, 0.2) is 11.5 Å². The van der Waals surface area contributed by atoms with Crippen molar-refractivity contribution in [1.82, 2.24) is 26.4 Å². The molecule has 3 rings (SSSR count). The van der Waals surface area contributed by atoms with Crippen molar-refractivity contribution in [3.8, 4) is 0 Å². The maximum absolute atomic E-state index is 13.6. The van der Waals surface area contributed by atoms with Gasteiger partial charge in [0.1, 0.15) is 11.7 Å². The summed E-state index contributed by atoms with van der Waals surface area (Å²) in [5.41, 5.74) is 5.17. The zero-order valence-electron chi connectivity index (χ0n) is 24.8. The Hall–Kier alpha value is -4.03. The van der Waals surface area contributed by atoms with Crippen LogP contribution in [0.2, 0.25) is 0 Å². The Balaban J connectivity index is 1.96. The van der Waals surface area contributed by atoms with Crippen LogP contribution in [0, 0.1) is 0 Å². The number of carbonyl (C=O) groups is 2. The zero-order chi connectivity index (χ0) is 30.9. The molecule has 0 bridgehead atoms. The summed E-state index contributed by atoms with van der Waals surface area (Å²) in [5, 5.41) is 33.4. The highest BCUT2D eigenvalue weighted by Gasteiger charge is 2.33. The largest absolute Gasteiger partial charge is 0.507 e. The predicted octanol–water partition coefficient (Wildman–Crippen LogP) is 4.27. The molecule has 1 aromatic heterocycles. The summed E-state index contributed by atoms with van der Waals surface area (Å²) in [7, 11) is 0. The van der Waals surface area contributed by atoms with Crippen LogP contribution in [0.25, 0.3) is 5.76 Å². The molecule has 224 valence electrons. The summed E-state index contributed by atoms with van der Waals surface area (Å²) in [5.74, 6) is -3.14. The average molecular weight is 578 g/mol. The Morgan fingerprint density at radius 3 is 1.76 bits per heavy atom. The minimum Gasteiger partial charge on any atom is -0.507 e. The topological polar surface area (TPSA) is 156 Å². The molecule has 4 N–H and O–H groups in total. The summed E-state index contributed by atoms with van der Waals surface area (Å²) in [6, 6.07) is 16.4. The summed E-state index contributed by atoms with van der Waals surface area (Å²) in [6.07, 6.45) is 1.41. The number of benzene rings is 2. The standard InChI is InChI=1S/C31H39N5O6/c1-30(2,3)41-34-23(17-20-13-9-7-10-14-20)27(38)26(37)22-19-32-36-33-25(22)29(40)28(39)24(35-42-31(4,5)6)18-21-15-11-8-12-16-21/h7-16,19,23-24,34-35,39-40H,17-18H2,1-6H3/t23-,24-/m0/s1. The molecule has 0 spiro atoms. The number of nitrogens with zero attached hydrogens (tertiary/aromatic N) is 3. The van der Waals surface area contributed by atoms with Crippen molar-refractivity contribution < 1.29 is 29.5 Å². The van der Waals surface area contributed by atoms with E-state index in [2.05, 4.69) is 26.4 Å². The molecular formula is C31H39N5O6.